The van der Waals surface area contributed by atoms with Crippen LogP contribution in [0.3, 0.4) is 0 Å². The van der Waals surface area contributed by atoms with Crippen LogP contribution in [0.4, 0.5) is 5.69 Å². The van der Waals surface area contributed by atoms with E-state index in [4.69, 9.17) is 4.74 Å². The second-order valence-electron chi connectivity index (χ2n) is 8.31. The number of thioether (sulfide) groups is 1. The Morgan fingerprint density at radius 2 is 1.74 bits per heavy atom. The number of hydrogen-bond donors (Lipinski definition) is 1. The van der Waals surface area contributed by atoms with Gasteiger partial charge in [-0.25, -0.2) is 4.79 Å². The monoisotopic (exact) mass is 488 g/mol. The Kier molecular flexibility index (Phi) is 7.87. The fourth-order valence-electron chi connectivity index (χ4n) is 3.96. The Morgan fingerprint density at radius 3 is 2.46 bits per heavy atom. The van der Waals surface area contributed by atoms with Crippen molar-refractivity contribution in [2.24, 2.45) is 0 Å². The molecule has 6 nitrogen and oxygen atoms in total. The van der Waals surface area contributed by atoms with Crippen molar-refractivity contribution >= 4 is 35.2 Å². The van der Waals surface area contributed by atoms with Gasteiger partial charge in [0.15, 0.2) is 0 Å². The lowest BCUT2D eigenvalue weighted by Gasteiger charge is -2.24. The van der Waals surface area contributed by atoms with Crippen molar-refractivity contribution in [1.29, 1.82) is 0 Å². The van der Waals surface area contributed by atoms with Gasteiger partial charge >= 0.3 is 5.97 Å². The average Bonchev–Trinajstić information content (AvgIpc) is 3.25. The van der Waals surface area contributed by atoms with E-state index in [1.807, 2.05) is 42.2 Å². The zero-order valence-electron chi connectivity index (χ0n) is 19.8. The van der Waals surface area contributed by atoms with Gasteiger partial charge in [0.05, 0.1) is 17.9 Å². The largest absolute Gasteiger partial charge is 0.462 e. The quantitative estimate of drug-likeness (QED) is 0.439. The van der Waals surface area contributed by atoms with Gasteiger partial charge in [-0.05, 0) is 61.2 Å². The normalized spacial score (nSPS) is 15.2. The summed E-state index contributed by atoms with van der Waals surface area (Å²) in [5.74, 6) is -0.100. The molecule has 0 saturated carbocycles. The summed E-state index contributed by atoms with van der Waals surface area (Å²) in [6.45, 7) is 4.56. The number of benzene rings is 3. The first-order chi connectivity index (χ1) is 17.0. The Bertz CT molecular complexity index is 1210. The number of carbonyl (C=O) groups is 3. The number of nitrogens with one attached hydrogen (secondary N) is 1. The number of amides is 2. The summed E-state index contributed by atoms with van der Waals surface area (Å²) in [7, 11) is 0. The molecular weight excluding hydrogens is 460 g/mol. The minimum Gasteiger partial charge on any atom is -0.462 e. The second kappa shape index (κ2) is 11.2. The molecule has 0 unspecified atom stereocenters. The summed E-state index contributed by atoms with van der Waals surface area (Å²) in [6, 6.07) is 22.6. The van der Waals surface area contributed by atoms with Crippen molar-refractivity contribution in [1.82, 2.24) is 4.90 Å². The molecule has 0 radical (unpaired) electrons. The summed E-state index contributed by atoms with van der Waals surface area (Å²) in [5.41, 5.74) is 4.49. The molecule has 0 spiro atoms. The van der Waals surface area contributed by atoms with E-state index in [0.717, 1.165) is 17.5 Å². The van der Waals surface area contributed by atoms with Gasteiger partial charge in [-0.2, -0.15) is 0 Å². The lowest BCUT2D eigenvalue weighted by atomic mass is 10.1. The zero-order valence-corrected chi connectivity index (χ0v) is 20.6. The SMILES string of the molecule is CCOC(=O)c1ccc(C)c(NC(=O)c2ccc([C@@H]3SCC(=O)N3CCc3ccccc3)cc2)c1. The number of hydrogen-bond acceptors (Lipinski definition) is 5. The van der Waals surface area contributed by atoms with Gasteiger partial charge in [-0.3, -0.25) is 9.59 Å². The van der Waals surface area contributed by atoms with Crippen LogP contribution in [0.1, 0.15) is 49.7 Å². The highest BCUT2D eigenvalue weighted by Crippen LogP contribution is 2.38. The molecule has 4 rings (SSSR count). The van der Waals surface area contributed by atoms with Gasteiger partial charge in [0.25, 0.3) is 5.91 Å². The van der Waals surface area contributed by atoms with Gasteiger partial charge in [0.1, 0.15) is 5.37 Å². The first-order valence-electron chi connectivity index (χ1n) is 11.6. The third-order valence-corrected chi connectivity index (χ3v) is 7.16. The standard InChI is InChI=1S/C28H28N2O4S/c1-3-34-28(33)23-10-9-19(2)24(17-23)29-26(32)21-11-13-22(14-12-21)27-30(25(31)18-35-27)16-15-20-7-5-4-6-8-20/h4-14,17,27H,3,15-16,18H2,1-2H3,(H,29,32)/t27-/m0/s1. The molecule has 35 heavy (non-hydrogen) atoms. The van der Waals surface area contributed by atoms with Gasteiger partial charge < -0.3 is 15.0 Å². The molecule has 1 saturated heterocycles. The van der Waals surface area contributed by atoms with Crippen LogP contribution in [0.15, 0.2) is 72.8 Å². The predicted molar refractivity (Wildman–Crippen MR) is 139 cm³/mol. The number of nitrogens with zero attached hydrogens (tertiary/aromatic N) is 1. The summed E-state index contributed by atoms with van der Waals surface area (Å²) in [6.07, 6.45) is 0.800. The van der Waals surface area contributed by atoms with Gasteiger partial charge in [-0.15, -0.1) is 11.8 Å². The fraction of sp³-hybridized carbons (Fsp3) is 0.250. The smallest absolute Gasteiger partial charge is 0.338 e. The van der Waals surface area contributed by atoms with Crippen molar-refractivity contribution in [3.63, 3.8) is 0 Å². The zero-order chi connectivity index (χ0) is 24.8. The maximum Gasteiger partial charge on any atom is 0.338 e. The Hall–Kier alpha value is -3.58. The van der Waals surface area contributed by atoms with E-state index in [0.29, 0.717) is 29.1 Å². The van der Waals surface area contributed by atoms with Crippen LogP contribution < -0.4 is 5.32 Å². The highest BCUT2D eigenvalue weighted by Gasteiger charge is 2.32. The fourth-order valence-corrected chi connectivity index (χ4v) is 5.18. The van der Waals surface area contributed by atoms with Gasteiger partial charge in [-0.1, -0.05) is 48.5 Å². The first kappa shape index (κ1) is 24.5. The van der Waals surface area contributed by atoms with E-state index in [9.17, 15) is 14.4 Å². The maximum absolute atomic E-state index is 12.9. The van der Waals surface area contributed by atoms with Crippen molar-refractivity contribution in [3.8, 4) is 0 Å². The minimum atomic E-state index is -0.423. The van der Waals surface area contributed by atoms with Crippen LogP contribution in [0.2, 0.25) is 0 Å². The van der Waals surface area contributed by atoms with E-state index in [-0.39, 0.29) is 23.8 Å². The lowest BCUT2D eigenvalue weighted by molar-refractivity contribution is -0.128. The highest BCUT2D eigenvalue weighted by atomic mass is 32.2. The third-order valence-electron chi connectivity index (χ3n) is 5.91. The molecule has 0 bridgehead atoms. The number of rotatable bonds is 8. The molecule has 1 N–H and O–H groups in total. The molecule has 0 aromatic heterocycles. The number of ether oxygens (including phenoxy) is 1. The lowest BCUT2D eigenvalue weighted by Crippen LogP contribution is -2.30. The molecule has 1 aliphatic rings. The van der Waals surface area contributed by atoms with Crippen LogP contribution in [-0.2, 0) is 16.0 Å². The summed E-state index contributed by atoms with van der Waals surface area (Å²) >= 11 is 1.61. The predicted octanol–water partition coefficient (Wildman–Crippen LogP) is 5.24. The van der Waals surface area contributed by atoms with Crippen LogP contribution in [0.25, 0.3) is 0 Å². The van der Waals surface area contributed by atoms with Crippen molar-refractivity contribution in [2.45, 2.75) is 25.6 Å². The van der Waals surface area contributed by atoms with Crippen molar-refractivity contribution in [2.75, 3.05) is 24.2 Å². The van der Waals surface area contributed by atoms with Crippen LogP contribution in [0, 0.1) is 6.92 Å². The third kappa shape index (κ3) is 5.92. The minimum absolute atomic E-state index is 0.0631. The highest BCUT2D eigenvalue weighted by molar-refractivity contribution is 8.00. The molecule has 3 aromatic rings. The Morgan fingerprint density at radius 1 is 1.03 bits per heavy atom. The molecule has 1 aliphatic heterocycles. The molecule has 0 aliphatic carbocycles. The average molecular weight is 489 g/mol. The van der Waals surface area contributed by atoms with Crippen molar-refractivity contribution in [3.05, 3.63) is 101 Å². The molecule has 2 amide bonds. The number of carbonyl (C=O) groups excluding carboxylic acids is 3. The number of anilines is 1. The molecule has 3 aromatic carbocycles. The molecule has 1 atom stereocenters. The van der Waals surface area contributed by atoms with E-state index >= 15 is 0 Å². The van der Waals surface area contributed by atoms with E-state index in [1.165, 1.54) is 5.56 Å². The van der Waals surface area contributed by atoms with Crippen LogP contribution in [0.5, 0.6) is 0 Å². The van der Waals surface area contributed by atoms with Crippen LogP contribution >= 0.6 is 11.8 Å². The Labute approximate surface area is 209 Å². The van der Waals surface area contributed by atoms with Gasteiger partial charge in [0.2, 0.25) is 5.91 Å². The molecule has 1 fully saturated rings. The van der Waals surface area contributed by atoms with E-state index in [1.54, 1.807) is 49.0 Å². The molecule has 180 valence electrons. The first-order valence-corrected chi connectivity index (χ1v) is 12.6. The number of esters is 1. The summed E-state index contributed by atoms with van der Waals surface area (Å²) in [4.78, 5) is 39.4. The van der Waals surface area contributed by atoms with Gasteiger partial charge in [0, 0.05) is 17.8 Å². The molecule has 7 heteroatoms. The second-order valence-corrected chi connectivity index (χ2v) is 9.38. The van der Waals surface area contributed by atoms with Crippen molar-refractivity contribution < 1.29 is 19.1 Å². The van der Waals surface area contributed by atoms with E-state index < -0.39 is 5.97 Å². The number of aryl methyl sites for hydroxylation is 1. The maximum atomic E-state index is 12.9. The Balaban J connectivity index is 1.43. The molecular formula is C28H28N2O4S. The topological polar surface area (TPSA) is 75.7 Å². The van der Waals surface area contributed by atoms with E-state index in [2.05, 4.69) is 17.4 Å². The summed E-state index contributed by atoms with van der Waals surface area (Å²) < 4.78 is 5.05. The molecule has 1 heterocycles. The summed E-state index contributed by atoms with van der Waals surface area (Å²) in [5, 5.41) is 2.83. The van der Waals surface area contributed by atoms with Crippen LogP contribution in [-0.4, -0.2) is 41.6 Å².